The molecule has 0 spiro atoms. The number of aromatic nitrogens is 3. The van der Waals surface area contributed by atoms with Crippen molar-refractivity contribution in [3.8, 4) is 5.88 Å². The topological polar surface area (TPSA) is 78.0 Å². The molecule has 2 aromatic heterocycles. The summed E-state index contributed by atoms with van der Waals surface area (Å²) in [6.07, 6.45) is 2.78. The lowest BCUT2D eigenvalue weighted by atomic mass is 10.3. The van der Waals surface area contributed by atoms with Crippen LogP contribution >= 0.6 is 0 Å². The predicted octanol–water partition coefficient (Wildman–Crippen LogP) is 1.71. The van der Waals surface area contributed by atoms with E-state index in [2.05, 4.69) is 22.3 Å². The summed E-state index contributed by atoms with van der Waals surface area (Å²) in [5.41, 5.74) is 8.18. The van der Waals surface area contributed by atoms with Crippen LogP contribution in [0, 0.1) is 0 Å². The van der Waals surface area contributed by atoms with E-state index in [1.165, 1.54) is 0 Å². The van der Waals surface area contributed by atoms with E-state index in [-0.39, 0.29) is 0 Å². The molecule has 0 aliphatic heterocycles. The van der Waals surface area contributed by atoms with Crippen LogP contribution in [0.15, 0.2) is 18.3 Å². The van der Waals surface area contributed by atoms with Crippen LogP contribution < -0.4 is 15.8 Å². The van der Waals surface area contributed by atoms with Crippen LogP contribution in [0.2, 0.25) is 0 Å². The molecular weight excluding hydrogens is 230 g/mol. The Balaban J connectivity index is 2.28. The Morgan fingerprint density at radius 2 is 2.22 bits per heavy atom. The quantitative estimate of drug-likeness (QED) is 0.860. The van der Waals surface area contributed by atoms with Gasteiger partial charge in [-0.3, -0.25) is 4.68 Å². The van der Waals surface area contributed by atoms with Crippen molar-refractivity contribution in [3.05, 3.63) is 24.0 Å². The molecule has 0 atom stereocenters. The minimum absolute atomic E-state index is 0.418. The second-order valence-corrected chi connectivity index (χ2v) is 3.94. The minimum Gasteiger partial charge on any atom is -0.479 e. The summed E-state index contributed by atoms with van der Waals surface area (Å²) in [5, 5.41) is 7.57. The molecule has 2 rings (SSSR count). The lowest BCUT2D eigenvalue weighted by Gasteiger charge is -2.08. The van der Waals surface area contributed by atoms with Crippen molar-refractivity contribution in [2.75, 3.05) is 18.2 Å². The SMILES string of the molecule is CCc1nn(C)cc1Nc1ccc(N)c(OC)n1. The molecule has 0 radical (unpaired) electrons. The number of aryl methyl sites for hydroxylation is 2. The Hall–Kier alpha value is -2.24. The van der Waals surface area contributed by atoms with Gasteiger partial charge in [-0.1, -0.05) is 6.92 Å². The first-order valence-corrected chi connectivity index (χ1v) is 5.74. The molecule has 96 valence electrons. The van der Waals surface area contributed by atoms with E-state index in [9.17, 15) is 0 Å². The maximum Gasteiger partial charge on any atom is 0.238 e. The van der Waals surface area contributed by atoms with Crippen molar-refractivity contribution >= 4 is 17.2 Å². The van der Waals surface area contributed by atoms with Gasteiger partial charge in [0.05, 0.1) is 24.2 Å². The number of hydrogen-bond donors (Lipinski definition) is 2. The van der Waals surface area contributed by atoms with Crippen LogP contribution in [0.25, 0.3) is 0 Å². The van der Waals surface area contributed by atoms with Gasteiger partial charge in [-0.25, -0.2) is 0 Å². The number of nitrogen functional groups attached to an aromatic ring is 1. The second kappa shape index (κ2) is 4.95. The fourth-order valence-corrected chi connectivity index (χ4v) is 1.72. The summed E-state index contributed by atoms with van der Waals surface area (Å²) >= 11 is 0. The molecule has 18 heavy (non-hydrogen) atoms. The van der Waals surface area contributed by atoms with Gasteiger partial charge in [-0.2, -0.15) is 10.1 Å². The van der Waals surface area contributed by atoms with E-state index in [0.29, 0.717) is 17.4 Å². The number of nitrogens with two attached hydrogens (primary N) is 1. The number of nitrogens with one attached hydrogen (secondary N) is 1. The number of pyridine rings is 1. The lowest BCUT2D eigenvalue weighted by molar-refractivity contribution is 0.401. The van der Waals surface area contributed by atoms with Crippen LogP contribution in [0.1, 0.15) is 12.6 Å². The van der Waals surface area contributed by atoms with Gasteiger partial charge in [0.15, 0.2) is 0 Å². The van der Waals surface area contributed by atoms with E-state index in [1.54, 1.807) is 17.9 Å². The number of anilines is 3. The zero-order chi connectivity index (χ0) is 13.1. The number of methoxy groups -OCH3 is 1. The maximum atomic E-state index is 5.72. The lowest BCUT2D eigenvalue weighted by Crippen LogP contribution is -2.00. The largest absolute Gasteiger partial charge is 0.479 e. The molecule has 0 bridgehead atoms. The van der Waals surface area contributed by atoms with Gasteiger partial charge < -0.3 is 15.8 Å². The van der Waals surface area contributed by atoms with Crippen molar-refractivity contribution < 1.29 is 4.74 Å². The highest BCUT2D eigenvalue weighted by atomic mass is 16.5. The van der Waals surface area contributed by atoms with Crippen LogP contribution in [-0.4, -0.2) is 21.9 Å². The molecular formula is C12H17N5O. The van der Waals surface area contributed by atoms with Crippen LogP contribution in [0.5, 0.6) is 5.88 Å². The summed E-state index contributed by atoms with van der Waals surface area (Å²) in [6, 6.07) is 3.57. The molecule has 0 aromatic carbocycles. The van der Waals surface area contributed by atoms with Gasteiger partial charge >= 0.3 is 0 Å². The van der Waals surface area contributed by atoms with Crippen LogP contribution in [0.4, 0.5) is 17.2 Å². The van der Waals surface area contributed by atoms with Crippen LogP contribution in [0.3, 0.4) is 0 Å². The van der Waals surface area contributed by atoms with E-state index in [1.807, 2.05) is 19.3 Å². The number of rotatable bonds is 4. The van der Waals surface area contributed by atoms with E-state index >= 15 is 0 Å². The molecule has 6 nitrogen and oxygen atoms in total. The summed E-state index contributed by atoms with van der Waals surface area (Å²) < 4.78 is 6.86. The van der Waals surface area contributed by atoms with Gasteiger partial charge in [0, 0.05) is 13.2 Å². The third-order valence-corrected chi connectivity index (χ3v) is 2.59. The Morgan fingerprint density at radius 1 is 1.44 bits per heavy atom. The third-order valence-electron chi connectivity index (χ3n) is 2.59. The van der Waals surface area contributed by atoms with E-state index in [0.717, 1.165) is 17.8 Å². The van der Waals surface area contributed by atoms with Crippen molar-refractivity contribution in [2.45, 2.75) is 13.3 Å². The number of ether oxygens (including phenoxy) is 1. The molecule has 0 saturated carbocycles. The highest BCUT2D eigenvalue weighted by Crippen LogP contribution is 2.24. The smallest absolute Gasteiger partial charge is 0.238 e. The molecule has 0 fully saturated rings. The molecule has 0 unspecified atom stereocenters. The van der Waals surface area contributed by atoms with Crippen molar-refractivity contribution in [1.82, 2.24) is 14.8 Å². The van der Waals surface area contributed by atoms with Gasteiger partial charge in [-0.05, 0) is 18.6 Å². The summed E-state index contributed by atoms with van der Waals surface area (Å²) in [4.78, 5) is 4.28. The molecule has 0 saturated heterocycles. The number of hydrogen-bond acceptors (Lipinski definition) is 5. The monoisotopic (exact) mass is 247 g/mol. The highest BCUT2D eigenvalue weighted by Gasteiger charge is 2.08. The Bertz CT molecular complexity index is 549. The standard InChI is InChI=1S/C12H17N5O/c1-4-9-10(7-17(2)16-9)14-11-6-5-8(13)12(15-11)18-3/h5-7H,4,13H2,1-3H3,(H,14,15). The normalized spacial score (nSPS) is 10.4. The molecule has 3 N–H and O–H groups in total. The van der Waals surface area contributed by atoms with E-state index < -0.39 is 0 Å². The molecule has 0 aliphatic carbocycles. The van der Waals surface area contributed by atoms with Crippen LogP contribution in [-0.2, 0) is 13.5 Å². The third kappa shape index (κ3) is 2.37. The Kier molecular flexibility index (Phi) is 3.36. The first-order chi connectivity index (χ1) is 8.63. The molecule has 0 aliphatic rings. The average Bonchev–Trinajstić information content (AvgIpc) is 2.72. The number of nitrogens with zero attached hydrogens (tertiary/aromatic N) is 3. The predicted molar refractivity (Wildman–Crippen MR) is 71.1 cm³/mol. The van der Waals surface area contributed by atoms with Gasteiger partial charge in [0.1, 0.15) is 5.82 Å². The molecule has 0 amide bonds. The van der Waals surface area contributed by atoms with Gasteiger partial charge in [0.25, 0.3) is 0 Å². The fraction of sp³-hybridized carbons (Fsp3) is 0.333. The summed E-state index contributed by atoms with van der Waals surface area (Å²) in [6.45, 7) is 2.06. The average molecular weight is 247 g/mol. The van der Waals surface area contributed by atoms with Gasteiger partial charge in [0.2, 0.25) is 5.88 Å². The summed E-state index contributed by atoms with van der Waals surface area (Å²) in [5.74, 6) is 1.10. The zero-order valence-electron chi connectivity index (χ0n) is 10.8. The van der Waals surface area contributed by atoms with Crippen molar-refractivity contribution in [1.29, 1.82) is 0 Å². The van der Waals surface area contributed by atoms with Crippen molar-refractivity contribution in [2.24, 2.45) is 7.05 Å². The Morgan fingerprint density at radius 3 is 2.89 bits per heavy atom. The fourth-order valence-electron chi connectivity index (χ4n) is 1.72. The first-order valence-electron chi connectivity index (χ1n) is 5.74. The summed E-state index contributed by atoms with van der Waals surface area (Å²) in [7, 11) is 3.44. The maximum absolute atomic E-state index is 5.72. The molecule has 2 heterocycles. The first kappa shape index (κ1) is 12.2. The van der Waals surface area contributed by atoms with Gasteiger partial charge in [-0.15, -0.1) is 0 Å². The Labute approximate surface area is 106 Å². The molecule has 6 heteroatoms. The van der Waals surface area contributed by atoms with E-state index in [4.69, 9.17) is 10.5 Å². The van der Waals surface area contributed by atoms with Crippen molar-refractivity contribution in [3.63, 3.8) is 0 Å². The minimum atomic E-state index is 0.418. The second-order valence-electron chi connectivity index (χ2n) is 3.94. The zero-order valence-corrected chi connectivity index (χ0v) is 10.8. The molecule has 2 aromatic rings. The highest BCUT2D eigenvalue weighted by molar-refractivity contribution is 5.61.